The molecule has 0 bridgehead atoms. The van der Waals surface area contributed by atoms with Crippen LogP contribution in [0.3, 0.4) is 0 Å². The summed E-state index contributed by atoms with van der Waals surface area (Å²) in [7, 11) is 0. The number of nitrogens with zero attached hydrogens (tertiary/aromatic N) is 2. The van der Waals surface area contributed by atoms with Crippen molar-refractivity contribution < 1.29 is 14.3 Å². The Morgan fingerprint density at radius 1 is 1.32 bits per heavy atom. The van der Waals surface area contributed by atoms with Crippen LogP contribution in [0.1, 0.15) is 30.8 Å². The molecule has 0 fully saturated rings. The number of benzene rings is 1. The Hall–Kier alpha value is -2.17. The first-order chi connectivity index (χ1) is 9.13. The van der Waals surface area contributed by atoms with E-state index in [0.29, 0.717) is 18.8 Å². The third kappa shape index (κ3) is 2.81. The van der Waals surface area contributed by atoms with Gasteiger partial charge in [0.15, 0.2) is 5.78 Å². The number of aryl methyl sites for hydroxylation is 1. The van der Waals surface area contributed by atoms with E-state index in [4.69, 9.17) is 4.74 Å². The van der Waals surface area contributed by atoms with Gasteiger partial charge >= 0.3 is 5.97 Å². The van der Waals surface area contributed by atoms with E-state index in [-0.39, 0.29) is 18.2 Å². The van der Waals surface area contributed by atoms with Gasteiger partial charge in [0.2, 0.25) is 0 Å². The number of ether oxygens (including phenoxy) is 1. The van der Waals surface area contributed by atoms with Crippen LogP contribution in [0.5, 0.6) is 0 Å². The van der Waals surface area contributed by atoms with Crippen LogP contribution in [0.2, 0.25) is 0 Å². The molecule has 5 heteroatoms. The van der Waals surface area contributed by atoms with Crippen LogP contribution in [0.25, 0.3) is 10.9 Å². The smallest absolute Gasteiger partial charge is 0.307 e. The lowest BCUT2D eigenvalue weighted by Gasteiger charge is -2.03. The van der Waals surface area contributed by atoms with Gasteiger partial charge in [0.05, 0.1) is 25.1 Å². The van der Waals surface area contributed by atoms with Gasteiger partial charge in [0.1, 0.15) is 5.69 Å². The van der Waals surface area contributed by atoms with Crippen molar-refractivity contribution in [2.75, 3.05) is 6.61 Å². The molecule has 1 aromatic carbocycles. The van der Waals surface area contributed by atoms with Gasteiger partial charge in [-0.1, -0.05) is 18.2 Å². The molecule has 2 aromatic rings. The third-order valence-corrected chi connectivity index (χ3v) is 2.82. The summed E-state index contributed by atoms with van der Waals surface area (Å²) >= 11 is 0. The second-order valence-corrected chi connectivity index (χ2v) is 4.20. The van der Waals surface area contributed by atoms with E-state index >= 15 is 0 Å². The second kappa shape index (κ2) is 5.65. The number of Topliss-reactive ketones (excluding diaryl/α,β-unsaturated/α-hetero) is 1. The fourth-order valence-corrected chi connectivity index (χ4v) is 1.99. The molecule has 5 nitrogen and oxygen atoms in total. The van der Waals surface area contributed by atoms with Crippen LogP contribution in [0.4, 0.5) is 0 Å². The first-order valence-electron chi connectivity index (χ1n) is 6.25. The molecule has 0 atom stereocenters. The summed E-state index contributed by atoms with van der Waals surface area (Å²) in [6, 6.07) is 7.50. The number of hydrogen-bond donors (Lipinski definition) is 0. The highest BCUT2D eigenvalue weighted by Gasteiger charge is 2.14. The van der Waals surface area contributed by atoms with E-state index in [1.807, 2.05) is 24.3 Å². The number of carbonyl (C=O) groups is 2. The second-order valence-electron chi connectivity index (χ2n) is 4.20. The predicted octanol–water partition coefficient (Wildman–Crippen LogP) is 2.19. The van der Waals surface area contributed by atoms with Crippen LogP contribution < -0.4 is 0 Å². The highest BCUT2D eigenvalue weighted by molar-refractivity contribution is 6.04. The van der Waals surface area contributed by atoms with Crippen molar-refractivity contribution in [3.63, 3.8) is 0 Å². The molecule has 0 aliphatic rings. The number of carbonyl (C=O) groups excluding carboxylic acids is 2. The van der Waals surface area contributed by atoms with Crippen molar-refractivity contribution in [3.05, 3.63) is 30.0 Å². The van der Waals surface area contributed by atoms with Crippen LogP contribution in [-0.2, 0) is 16.1 Å². The van der Waals surface area contributed by atoms with E-state index in [1.165, 1.54) is 6.92 Å². The zero-order chi connectivity index (χ0) is 13.8. The standard InChI is InChI=1S/C14H16N2O3/c1-3-19-13(18)8-9-16-12-7-5-4-6-11(12)14(15-16)10(2)17/h4-7H,3,8-9H2,1-2H3. The molecule has 0 saturated carbocycles. The van der Waals surface area contributed by atoms with E-state index < -0.39 is 0 Å². The van der Waals surface area contributed by atoms with Crippen molar-refractivity contribution in [2.24, 2.45) is 0 Å². The van der Waals surface area contributed by atoms with Crippen molar-refractivity contribution >= 4 is 22.7 Å². The quantitative estimate of drug-likeness (QED) is 0.610. The predicted molar refractivity (Wildman–Crippen MR) is 71.0 cm³/mol. The molecule has 0 amide bonds. The topological polar surface area (TPSA) is 61.2 Å². The molecule has 0 aliphatic heterocycles. The molecular weight excluding hydrogens is 244 g/mol. The fourth-order valence-electron chi connectivity index (χ4n) is 1.99. The van der Waals surface area contributed by atoms with Gasteiger partial charge in [-0.3, -0.25) is 14.3 Å². The monoisotopic (exact) mass is 260 g/mol. The third-order valence-electron chi connectivity index (χ3n) is 2.82. The van der Waals surface area contributed by atoms with E-state index in [0.717, 1.165) is 10.9 Å². The number of ketones is 1. The Kier molecular flexibility index (Phi) is 3.94. The maximum absolute atomic E-state index is 11.5. The van der Waals surface area contributed by atoms with Crippen molar-refractivity contribution in [1.29, 1.82) is 0 Å². The van der Waals surface area contributed by atoms with Gasteiger partial charge in [0, 0.05) is 12.3 Å². The summed E-state index contributed by atoms with van der Waals surface area (Å²) in [6.45, 7) is 4.05. The highest BCUT2D eigenvalue weighted by atomic mass is 16.5. The summed E-state index contributed by atoms with van der Waals surface area (Å²) < 4.78 is 6.57. The SMILES string of the molecule is CCOC(=O)CCn1nc(C(C)=O)c2ccccc21. The van der Waals surface area contributed by atoms with E-state index in [1.54, 1.807) is 11.6 Å². The van der Waals surface area contributed by atoms with Gasteiger partial charge in [-0.15, -0.1) is 0 Å². The summed E-state index contributed by atoms with van der Waals surface area (Å²) in [4.78, 5) is 22.9. The maximum Gasteiger partial charge on any atom is 0.307 e. The Morgan fingerprint density at radius 3 is 2.74 bits per heavy atom. The molecular formula is C14H16N2O3. The normalized spacial score (nSPS) is 10.6. The number of fused-ring (bicyclic) bond motifs is 1. The van der Waals surface area contributed by atoms with Gasteiger partial charge in [-0.2, -0.15) is 5.10 Å². The average Bonchev–Trinajstić information content (AvgIpc) is 2.76. The van der Waals surface area contributed by atoms with Gasteiger partial charge in [-0.25, -0.2) is 0 Å². The Labute approximate surface area is 111 Å². The summed E-state index contributed by atoms with van der Waals surface area (Å²) in [5.74, 6) is -0.336. The van der Waals surface area contributed by atoms with Gasteiger partial charge in [0.25, 0.3) is 0 Å². The summed E-state index contributed by atoms with van der Waals surface area (Å²) in [5, 5.41) is 5.10. The number of rotatable bonds is 5. The number of hydrogen-bond acceptors (Lipinski definition) is 4. The van der Waals surface area contributed by atoms with Gasteiger partial charge < -0.3 is 4.74 Å². The molecule has 19 heavy (non-hydrogen) atoms. The van der Waals surface area contributed by atoms with Gasteiger partial charge in [-0.05, 0) is 13.0 Å². The largest absolute Gasteiger partial charge is 0.466 e. The highest BCUT2D eigenvalue weighted by Crippen LogP contribution is 2.19. The molecule has 0 spiro atoms. The molecule has 0 saturated heterocycles. The van der Waals surface area contributed by atoms with Crippen LogP contribution in [0.15, 0.2) is 24.3 Å². The van der Waals surface area contributed by atoms with Crippen LogP contribution in [0, 0.1) is 0 Å². The first-order valence-corrected chi connectivity index (χ1v) is 6.25. The minimum atomic E-state index is -0.258. The van der Waals surface area contributed by atoms with Crippen molar-refractivity contribution in [2.45, 2.75) is 26.8 Å². The summed E-state index contributed by atoms with van der Waals surface area (Å²) in [5.41, 5.74) is 1.30. The molecule has 0 unspecified atom stereocenters. The van der Waals surface area contributed by atoms with Crippen LogP contribution in [-0.4, -0.2) is 28.1 Å². The Morgan fingerprint density at radius 2 is 2.05 bits per heavy atom. The lowest BCUT2D eigenvalue weighted by molar-refractivity contribution is -0.143. The lowest BCUT2D eigenvalue weighted by atomic mass is 10.2. The first kappa shape index (κ1) is 13.3. The number of para-hydroxylation sites is 1. The molecule has 1 heterocycles. The molecule has 1 aromatic heterocycles. The minimum absolute atomic E-state index is 0.0777. The van der Waals surface area contributed by atoms with Crippen LogP contribution >= 0.6 is 0 Å². The van der Waals surface area contributed by atoms with E-state index in [2.05, 4.69) is 5.10 Å². The lowest BCUT2D eigenvalue weighted by Crippen LogP contribution is -2.10. The maximum atomic E-state index is 11.5. The number of aromatic nitrogens is 2. The molecule has 2 rings (SSSR count). The Balaban J connectivity index is 2.28. The zero-order valence-corrected chi connectivity index (χ0v) is 11.0. The molecule has 0 aliphatic carbocycles. The Bertz CT molecular complexity index is 616. The molecule has 0 N–H and O–H groups in total. The zero-order valence-electron chi connectivity index (χ0n) is 11.0. The van der Waals surface area contributed by atoms with E-state index in [9.17, 15) is 9.59 Å². The van der Waals surface area contributed by atoms with Crippen molar-refractivity contribution in [3.8, 4) is 0 Å². The average molecular weight is 260 g/mol. The molecule has 0 radical (unpaired) electrons. The fraction of sp³-hybridized carbons (Fsp3) is 0.357. The minimum Gasteiger partial charge on any atom is -0.466 e. The summed E-state index contributed by atoms with van der Waals surface area (Å²) in [6.07, 6.45) is 0.247. The molecule has 100 valence electrons. The van der Waals surface area contributed by atoms with Crippen molar-refractivity contribution in [1.82, 2.24) is 9.78 Å². The number of esters is 1.